The first-order valence-corrected chi connectivity index (χ1v) is 16.5. The zero-order chi connectivity index (χ0) is 28.1. The second kappa shape index (κ2) is 10.4. The van der Waals surface area contributed by atoms with Crippen LogP contribution < -0.4 is 14.5 Å². The van der Waals surface area contributed by atoms with Crippen LogP contribution in [0.1, 0.15) is 60.7 Å². The van der Waals surface area contributed by atoms with Gasteiger partial charge in [-0.1, -0.05) is 12.1 Å². The zero-order valence-electron chi connectivity index (χ0n) is 23.6. The molecule has 3 aliphatic rings. The van der Waals surface area contributed by atoms with Crippen molar-refractivity contribution in [3.63, 3.8) is 0 Å². The number of ether oxygens (including phenoxy) is 1. The van der Waals surface area contributed by atoms with Crippen molar-refractivity contribution in [1.82, 2.24) is 24.6 Å². The number of morpholine rings is 1. The van der Waals surface area contributed by atoms with E-state index in [1.165, 1.54) is 29.9 Å². The topological polar surface area (TPSA) is 118 Å². The molecule has 0 spiro atoms. The number of sulfonamides is 1. The van der Waals surface area contributed by atoms with Crippen LogP contribution in [0.3, 0.4) is 0 Å². The summed E-state index contributed by atoms with van der Waals surface area (Å²) in [6, 6.07) is 8.02. The summed E-state index contributed by atoms with van der Waals surface area (Å²) in [7, 11) is -3.54. The van der Waals surface area contributed by atoms with E-state index < -0.39 is 10.0 Å². The summed E-state index contributed by atoms with van der Waals surface area (Å²) in [6.07, 6.45) is 8.50. The van der Waals surface area contributed by atoms with Crippen molar-refractivity contribution >= 4 is 44.2 Å². The fourth-order valence-corrected chi connectivity index (χ4v) is 7.07. The average Bonchev–Trinajstić information content (AvgIpc) is 3.38. The van der Waals surface area contributed by atoms with Crippen LogP contribution in [0, 0.1) is 6.92 Å². The molecule has 1 aromatic carbocycles. The first kappa shape index (κ1) is 26.4. The summed E-state index contributed by atoms with van der Waals surface area (Å²) >= 11 is 0. The van der Waals surface area contributed by atoms with E-state index in [4.69, 9.17) is 19.8 Å². The molecule has 1 aliphatic carbocycles. The van der Waals surface area contributed by atoms with Crippen LogP contribution in [0.25, 0.3) is 16.6 Å². The molecule has 5 heterocycles. The molecule has 1 atom stereocenters. The molecule has 216 valence electrons. The first-order valence-electron chi connectivity index (χ1n) is 14.6. The van der Waals surface area contributed by atoms with Crippen LogP contribution in [0.2, 0.25) is 0 Å². The van der Waals surface area contributed by atoms with E-state index in [1.807, 2.05) is 25.1 Å². The standard InChI is InChI=1S/C29H36N8O3S/c1-19-8-7-11-22-26(19)27(32-29(31-22)34-41(2,38)39)36-13-6-5-12-24(36)23-18-25-30-21-10-4-3-9-20(21)28(37(25)33-23)35-14-16-40-17-15-35/h7-8,11,18,24H,3-6,9-10,12-17H2,1-2H3,(H,31,32,34). The van der Waals surface area contributed by atoms with Crippen molar-refractivity contribution < 1.29 is 13.2 Å². The molecule has 41 heavy (non-hydrogen) atoms. The third kappa shape index (κ3) is 4.97. The maximum atomic E-state index is 12.1. The lowest BCUT2D eigenvalue weighted by molar-refractivity contribution is 0.122. The molecule has 1 N–H and O–H groups in total. The fraction of sp³-hybridized carbons (Fsp3) is 0.517. The number of piperidine rings is 1. The Morgan fingerprint density at radius 1 is 1.00 bits per heavy atom. The van der Waals surface area contributed by atoms with Gasteiger partial charge in [-0.25, -0.2) is 18.4 Å². The highest BCUT2D eigenvalue weighted by Crippen LogP contribution is 2.39. The molecular weight excluding hydrogens is 540 g/mol. The molecule has 0 saturated carbocycles. The van der Waals surface area contributed by atoms with Gasteiger partial charge in [0.2, 0.25) is 16.0 Å². The van der Waals surface area contributed by atoms with Gasteiger partial charge in [0.05, 0.1) is 36.7 Å². The smallest absolute Gasteiger partial charge is 0.239 e. The Balaban J connectivity index is 1.37. The van der Waals surface area contributed by atoms with Gasteiger partial charge in [-0.05, 0) is 63.5 Å². The average molecular weight is 577 g/mol. The highest BCUT2D eigenvalue weighted by molar-refractivity contribution is 7.92. The maximum Gasteiger partial charge on any atom is 0.239 e. The lowest BCUT2D eigenvalue weighted by Gasteiger charge is -2.36. The van der Waals surface area contributed by atoms with Gasteiger partial charge in [0.15, 0.2) is 5.65 Å². The van der Waals surface area contributed by atoms with Gasteiger partial charge < -0.3 is 14.5 Å². The zero-order valence-corrected chi connectivity index (χ0v) is 24.5. The van der Waals surface area contributed by atoms with Gasteiger partial charge in [-0.15, -0.1) is 0 Å². The minimum absolute atomic E-state index is 0.0243. The normalized spacial score (nSPS) is 20.0. The van der Waals surface area contributed by atoms with Gasteiger partial charge in [-0.3, -0.25) is 4.72 Å². The molecule has 3 aromatic heterocycles. The van der Waals surface area contributed by atoms with Gasteiger partial charge in [-0.2, -0.15) is 14.6 Å². The highest BCUT2D eigenvalue weighted by Gasteiger charge is 2.32. The molecule has 2 aliphatic heterocycles. The van der Waals surface area contributed by atoms with Crippen molar-refractivity contribution in [1.29, 1.82) is 0 Å². The third-order valence-corrected chi connectivity index (χ3v) is 9.04. The largest absolute Gasteiger partial charge is 0.378 e. The molecule has 4 aromatic rings. The van der Waals surface area contributed by atoms with E-state index in [0.717, 1.165) is 86.1 Å². The van der Waals surface area contributed by atoms with Gasteiger partial charge in [0, 0.05) is 42.3 Å². The summed E-state index contributed by atoms with van der Waals surface area (Å²) < 4.78 is 34.5. The Morgan fingerprint density at radius 3 is 2.66 bits per heavy atom. The summed E-state index contributed by atoms with van der Waals surface area (Å²) in [5.41, 5.74) is 6.14. The summed E-state index contributed by atoms with van der Waals surface area (Å²) in [5.74, 6) is 2.00. The highest BCUT2D eigenvalue weighted by atomic mass is 32.2. The lowest BCUT2D eigenvalue weighted by Crippen LogP contribution is -2.38. The monoisotopic (exact) mass is 576 g/mol. The number of rotatable bonds is 5. The number of anilines is 3. The van der Waals surface area contributed by atoms with Crippen molar-refractivity contribution in [3.8, 4) is 0 Å². The van der Waals surface area contributed by atoms with Crippen LogP contribution in [0.15, 0.2) is 24.3 Å². The Hall–Kier alpha value is -3.51. The first-order chi connectivity index (χ1) is 19.9. The van der Waals surface area contributed by atoms with Crippen LogP contribution in [-0.2, 0) is 27.6 Å². The van der Waals surface area contributed by atoms with Gasteiger partial charge in [0.1, 0.15) is 11.6 Å². The molecule has 0 amide bonds. The minimum atomic E-state index is -3.54. The van der Waals surface area contributed by atoms with Crippen LogP contribution in [-0.4, -0.2) is 72.1 Å². The quantitative estimate of drug-likeness (QED) is 0.379. The van der Waals surface area contributed by atoms with Crippen molar-refractivity contribution in [2.45, 2.75) is 57.9 Å². The van der Waals surface area contributed by atoms with E-state index in [0.29, 0.717) is 18.7 Å². The van der Waals surface area contributed by atoms with Crippen LogP contribution in [0.4, 0.5) is 17.6 Å². The fourth-order valence-electron chi connectivity index (χ4n) is 6.65. The summed E-state index contributed by atoms with van der Waals surface area (Å²) in [6.45, 7) is 5.96. The molecule has 11 nitrogen and oxygen atoms in total. The van der Waals surface area contributed by atoms with E-state index in [1.54, 1.807) is 0 Å². The van der Waals surface area contributed by atoms with E-state index in [9.17, 15) is 8.42 Å². The minimum Gasteiger partial charge on any atom is -0.378 e. The number of fused-ring (bicyclic) bond motifs is 3. The molecule has 2 fully saturated rings. The predicted octanol–water partition coefficient (Wildman–Crippen LogP) is 3.80. The van der Waals surface area contributed by atoms with E-state index >= 15 is 0 Å². The Kier molecular flexibility index (Phi) is 6.69. The lowest BCUT2D eigenvalue weighted by atomic mass is 9.96. The number of hydrogen-bond acceptors (Lipinski definition) is 9. The predicted molar refractivity (Wildman–Crippen MR) is 159 cm³/mol. The molecule has 2 saturated heterocycles. The second-order valence-electron chi connectivity index (χ2n) is 11.4. The van der Waals surface area contributed by atoms with Crippen molar-refractivity contribution in [3.05, 3.63) is 46.8 Å². The SMILES string of the molecule is Cc1cccc2nc(NS(C)(=O)=O)nc(N3CCCCC3c3cc4nc5c(c(N6CCOCC6)n4n3)CCCC5)c12. The number of hydrogen-bond donors (Lipinski definition) is 1. The van der Waals surface area contributed by atoms with Gasteiger partial charge >= 0.3 is 0 Å². The number of aryl methyl sites for hydroxylation is 2. The number of benzene rings is 1. The Labute approximate surface area is 240 Å². The summed E-state index contributed by atoms with van der Waals surface area (Å²) in [5, 5.41) is 6.19. The van der Waals surface area contributed by atoms with Gasteiger partial charge in [0.25, 0.3) is 0 Å². The third-order valence-electron chi connectivity index (χ3n) is 8.48. The van der Waals surface area contributed by atoms with Crippen molar-refractivity contribution in [2.75, 3.05) is 53.6 Å². The van der Waals surface area contributed by atoms with E-state index in [-0.39, 0.29) is 12.0 Å². The molecular formula is C29H36N8O3S. The Bertz CT molecular complexity index is 1730. The van der Waals surface area contributed by atoms with Crippen molar-refractivity contribution in [2.24, 2.45) is 0 Å². The number of aromatic nitrogens is 5. The molecule has 12 heteroatoms. The molecule has 0 bridgehead atoms. The Morgan fingerprint density at radius 2 is 1.83 bits per heavy atom. The van der Waals surface area contributed by atoms with Crippen LogP contribution >= 0.6 is 0 Å². The molecule has 1 unspecified atom stereocenters. The number of nitrogens with zero attached hydrogens (tertiary/aromatic N) is 7. The second-order valence-corrected chi connectivity index (χ2v) is 13.2. The van der Waals surface area contributed by atoms with E-state index in [2.05, 4.69) is 30.1 Å². The number of nitrogens with one attached hydrogen (secondary N) is 1. The maximum absolute atomic E-state index is 12.1. The molecule has 7 rings (SSSR count). The molecule has 0 radical (unpaired) electrons. The van der Waals surface area contributed by atoms with Crippen LogP contribution in [0.5, 0.6) is 0 Å². The summed E-state index contributed by atoms with van der Waals surface area (Å²) in [4.78, 5) is 19.2.